The van der Waals surface area contributed by atoms with Crippen molar-refractivity contribution in [1.82, 2.24) is 14.7 Å². The van der Waals surface area contributed by atoms with Crippen LogP contribution in [0.5, 0.6) is 0 Å². The van der Waals surface area contributed by atoms with Crippen LogP contribution in [0.1, 0.15) is 19.4 Å². The van der Waals surface area contributed by atoms with Gasteiger partial charge in [-0.05, 0) is 12.0 Å². The van der Waals surface area contributed by atoms with E-state index in [9.17, 15) is 9.18 Å². The van der Waals surface area contributed by atoms with Crippen molar-refractivity contribution in [3.63, 3.8) is 0 Å². The predicted molar refractivity (Wildman–Crippen MR) is 90.6 cm³/mol. The molecule has 1 fully saturated rings. The number of hydrogen-bond acceptors (Lipinski definition) is 3. The van der Waals surface area contributed by atoms with Crippen LogP contribution in [-0.2, 0) is 11.3 Å². The van der Waals surface area contributed by atoms with Crippen LogP contribution in [0.15, 0.2) is 24.3 Å². The number of carbonyl (C=O) groups excluding carboxylic acids is 1. The molecular weight excluding hydrogens is 293 g/mol. The minimum atomic E-state index is -0.255. The molecule has 0 spiro atoms. The third-order valence-corrected chi connectivity index (χ3v) is 4.24. The molecule has 1 heterocycles. The number of hydrogen-bond donors (Lipinski definition) is 0. The summed E-state index contributed by atoms with van der Waals surface area (Å²) in [7, 11) is 1.74. The van der Waals surface area contributed by atoms with Gasteiger partial charge in [0.2, 0.25) is 5.91 Å². The maximum Gasteiger partial charge on any atom is 0.236 e. The molecule has 0 atom stereocenters. The van der Waals surface area contributed by atoms with Gasteiger partial charge in [0.25, 0.3) is 0 Å². The summed E-state index contributed by atoms with van der Waals surface area (Å²) in [5, 5.41) is 0. The van der Waals surface area contributed by atoms with Gasteiger partial charge in [-0.2, -0.15) is 0 Å². The predicted octanol–water partition coefficient (Wildman–Crippen LogP) is 2.06. The summed E-state index contributed by atoms with van der Waals surface area (Å²) in [5.41, 5.74) is 0.560. The monoisotopic (exact) mass is 321 g/mol. The highest BCUT2D eigenvalue weighted by Crippen LogP contribution is 2.10. The van der Waals surface area contributed by atoms with E-state index in [0.717, 1.165) is 32.7 Å². The van der Waals surface area contributed by atoms with Crippen LogP contribution in [-0.4, -0.2) is 66.9 Å². The smallest absolute Gasteiger partial charge is 0.236 e. The molecule has 0 unspecified atom stereocenters. The molecule has 5 heteroatoms. The van der Waals surface area contributed by atoms with Crippen molar-refractivity contribution < 1.29 is 9.18 Å². The molecule has 23 heavy (non-hydrogen) atoms. The fraction of sp³-hybridized carbons (Fsp3) is 0.611. The van der Waals surface area contributed by atoms with E-state index in [1.165, 1.54) is 6.07 Å². The van der Waals surface area contributed by atoms with Crippen LogP contribution in [0.3, 0.4) is 0 Å². The van der Waals surface area contributed by atoms with Crippen molar-refractivity contribution >= 4 is 5.91 Å². The van der Waals surface area contributed by atoms with Crippen LogP contribution in [0.2, 0.25) is 0 Å². The number of carbonyl (C=O) groups is 1. The van der Waals surface area contributed by atoms with E-state index in [2.05, 4.69) is 23.6 Å². The maximum absolute atomic E-state index is 13.7. The van der Waals surface area contributed by atoms with E-state index in [1.807, 2.05) is 0 Å². The Morgan fingerprint density at radius 3 is 2.39 bits per heavy atom. The lowest BCUT2D eigenvalue weighted by atomic mass is 10.2. The zero-order chi connectivity index (χ0) is 16.8. The summed E-state index contributed by atoms with van der Waals surface area (Å²) >= 11 is 0. The first kappa shape index (κ1) is 17.9. The van der Waals surface area contributed by atoms with Crippen molar-refractivity contribution in [3.05, 3.63) is 35.6 Å². The van der Waals surface area contributed by atoms with Crippen LogP contribution in [0, 0.1) is 11.7 Å². The topological polar surface area (TPSA) is 26.8 Å². The molecule has 0 N–H and O–H groups in total. The lowest BCUT2D eigenvalue weighted by Crippen LogP contribution is -2.50. The Hall–Kier alpha value is -1.46. The van der Waals surface area contributed by atoms with Crippen molar-refractivity contribution in [2.45, 2.75) is 20.4 Å². The average molecular weight is 321 g/mol. The largest absolute Gasteiger partial charge is 0.340 e. The third kappa shape index (κ3) is 5.59. The second-order valence-electron chi connectivity index (χ2n) is 6.81. The highest BCUT2D eigenvalue weighted by atomic mass is 19.1. The van der Waals surface area contributed by atoms with Gasteiger partial charge in [0, 0.05) is 51.9 Å². The fourth-order valence-electron chi connectivity index (χ4n) is 2.93. The van der Waals surface area contributed by atoms with E-state index >= 15 is 0 Å². The average Bonchev–Trinajstić information content (AvgIpc) is 2.51. The Balaban J connectivity index is 1.77. The summed E-state index contributed by atoms with van der Waals surface area (Å²) in [6.07, 6.45) is 0. The van der Waals surface area contributed by atoms with Crippen molar-refractivity contribution in [3.8, 4) is 0 Å². The number of halogens is 1. The molecule has 0 radical (unpaired) electrons. The van der Waals surface area contributed by atoms with Gasteiger partial charge in [0.15, 0.2) is 0 Å². The Morgan fingerprint density at radius 2 is 1.78 bits per heavy atom. The SMILES string of the molecule is CC(C)CN1CCN(CC(=O)N(C)Cc2ccccc2F)CC1. The Labute approximate surface area is 138 Å². The van der Waals surface area contributed by atoms with Crippen molar-refractivity contribution in [2.24, 2.45) is 5.92 Å². The summed E-state index contributed by atoms with van der Waals surface area (Å²) in [6, 6.07) is 6.62. The minimum absolute atomic E-state index is 0.0468. The molecule has 1 amide bonds. The van der Waals surface area contributed by atoms with Crippen molar-refractivity contribution in [1.29, 1.82) is 0 Å². The molecule has 0 aliphatic carbocycles. The molecular formula is C18H28FN3O. The third-order valence-electron chi connectivity index (χ3n) is 4.24. The molecule has 1 aliphatic heterocycles. The first-order valence-corrected chi connectivity index (χ1v) is 8.37. The number of amides is 1. The fourth-order valence-corrected chi connectivity index (χ4v) is 2.93. The van der Waals surface area contributed by atoms with E-state index < -0.39 is 0 Å². The van der Waals surface area contributed by atoms with Gasteiger partial charge in [-0.3, -0.25) is 9.69 Å². The van der Waals surface area contributed by atoms with Gasteiger partial charge in [0.1, 0.15) is 5.82 Å². The van der Waals surface area contributed by atoms with E-state index in [4.69, 9.17) is 0 Å². The summed E-state index contributed by atoms with van der Waals surface area (Å²) in [6.45, 7) is 10.2. The Bertz CT molecular complexity index is 513. The summed E-state index contributed by atoms with van der Waals surface area (Å²) in [4.78, 5) is 18.6. The van der Waals surface area contributed by atoms with Gasteiger partial charge in [-0.1, -0.05) is 32.0 Å². The molecule has 2 rings (SSSR count). The Morgan fingerprint density at radius 1 is 1.17 bits per heavy atom. The zero-order valence-corrected chi connectivity index (χ0v) is 14.5. The first-order chi connectivity index (χ1) is 11.0. The highest BCUT2D eigenvalue weighted by molar-refractivity contribution is 5.78. The highest BCUT2D eigenvalue weighted by Gasteiger charge is 2.21. The standard InChI is InChI=1S/C18H28FN3O/c1-15(2)12-21-8-10-22(11-9-21)14-18(23)20(3)13-16-6-4-5-7-17(16)19/h4-7,15H,8-14H2,1-3H3. The number of benzene rings is 1. The molecule has 1 aromatic carbocycles. The minimum Gasteiger partial charge on any atom is -0.340 e. The van der Waals surface area contributed by atoms with Gasteiger partial charge < -0.3 is 9.80 Å². The molecule has 0 saturated carbocycles. The van der Waals surface area contributed by atoms with Gasteiger partial charge in [-0.25, -0.2) is 4.39 Å². The first-order valence-electron chi connectivity index (χ1n) is 8.37. The molecule has 1 aliphatic rings. The maximum atomic E-state index is 13.7. The number of piperazine rings is 1. The van der Waals surface area contributed by atoms with E-state index in [-0.39, 0.29) is 11.7 Å². The van der Waals surface area contributed by atoms with E-state index in [1.54, 1.807) is 30.1 Å². The lowest BCUT2D eigenvalue weighted by Gasteiger charge is -2.35. The summed E-state index contributed by atoms with van der Waals surface area (Å²) < 4.78 is 13.7. The normalized spacial score (nSPS) is 16.7. The number of nitrogens with zero attached hydrogens (tertiary/aromatic N) is 3. The van der Waals surface area contributed by atoms with Gasteiger partial charge in [0.05, 0.1) is 6.54 Å². The molecule has 4 nitrogen and oxygen atoms in total. The van der Waals surface area contributed by atoms with Crippen LogP contribution in [0.4, 0.5) is 4.39 Å². The van der Waals surface area contributed by atoms with Crippen LogP contribution < -0.4 is 0 Å². The molecule has 1 aromatic rings. The summed E-state index contributed by atoms with van der Waals surface area (Å²) in [5.74, 6) is 0.468. The second kappa shape index (κ2) is 8.41. The molecule has 1 saturated heterocycles. The van der Waals surface area contributed by atoms with Crippen LogP contribution in [0.25, 0.3) is 0 Å². The van der Waals surface area contributed by atoms with Gasteiger partial charge in [-0.15, -0.1) is 0 Å². The van der Waals surface area contributed by atoms with Crippen molar-refractivity contribution in [2.75, 3.05) is 46.3 Å². The number of rotatable bonds is 6. The quantitative estimate of drug-likeness (QED) is 0.802. The van der Waals surface area contributed by atoms with Crippen LogP contribution >= 0.6 is 0 Å². The number of likely N-dealkylation sites (N-methyl/N-ethyl adjacent to an activating group) is 1. The molecule has 0 bridgehead atoms. The van der Waals surface area contributed by atoms with Gasteiger partial charge >= 0.3 is 0 Å². The second-order valence-corrected chi connectivity index (χ2v) is 6.81. The Kier molecular flexibility index (Phi) is 6.54. The molecule has 128 valence electrons. The van der Waals surface area contributed by atoms with E-state index in [0.29, 0.717) is 24.6 Å². The zero-order valence-electron chi connectivity index (χ0n) is 14.5. The molecule has 0 aromatic heterocycles. The lowest BCUT2D eigenvalue weighted by molar-refractivity contribution is -0.132.